The fourth-order valence-electron chi connectivity index (χ4n) is 3.68. The molecule has 1 atom stereocenters. The van der Waals surface area contributed by atoms with E-state index in [0.29, 0.717) is 31.2 Å². The van der Waals surface area contributed by atoms with Crippen molar-refractivity contribution in [2.24, 2.45) is 5.92 Å². The first kappa shape index (κ1) is 26.0. The minimum atomic E-state index is -4.69. The third-order valence-electron chi connectivity index (χ3n) is 5.37. The van der Waals surface area contributed by atoms with Gasteiger partial charge in [-0.15, -0.1) is 0 Å². The van der Waals surface area contributed by atoms with E-state index in [2.05, 4.69) is 0 Å². The van der Waals surface area contributed by atoms with E-state index >= 15 is 0 Å². The molecule has 1 fully saturated rings. The Balaban J connectivity index is 1.85. The Morgan fingerprint density at radius 3 is 2.56 bits per heavy atom. The summed E-state index contributed by atoms with van der Waals surface area (Å²) in [6.07, 6.45) is -2.74. The van der Waals surface area contributed by atoms with Crippen LogP contribution in [0.25, 0.3) is 0 Å². The number of benzene rings is 2. The highest BCUT2D eigenvalue weighted by Crippen LogP contribution is 2.32. The molecule has 2 aromatic carbocycles. The standard InChI is InChI=1S/C24H28F3NO5S/c1-17(2)13-23(29)28(16-20-9-6-12-32-20)15-18-7-3-4-11-22(18)33-34(30,31)21-10-5-8-19(14-21)24(25,26)27/h3-5,7-8,10-11,14,17,20H,6,9,12-13,15-16H2,1-2H3/t20-/m0/s1. The molecular weight excluding hydrogens is 471 g/mol. The third kappa shape index (κ3) is 6.96. The topological polar surface area (TPSA) is 72.9 Å². The van der Waals surface area contributed by atoms with Gasteiger partial charge in [-0.1, -0.05) is 38.1 Å². The van der Waals surface area contributed by atoms with Crippen LogP contribution in [0.5, 0.6) is 5.75 Å². The van der Waals surface area contributed by atoms with E-state index in [4.69, 9.17) is 8.92 Å². The number of para-hydroxylation sites is 1. The molecule has 0 N–H and O–H groups in total. The van der Waals surface area contributed by atoms with Gasteiger partial charge in [-0.25, -0.2) is 0 Å². The zero-order valence-corrected chi connectivity index (χ0v) is 19.9. The highest BCUT2D eigenvalue weighted by Gasteiger charge is 2.32. The number of ether oxygens (including phenoxy) is 1. The van der Waals surface area contributed by atoms with E-state index in [1.165, 1.54) is 6.07 Å². The number of nitrogens with zero attached hydrogens (tertiary/aromatic N) is 1. The molecule has 1 aliphatic rings. The Morgan fingerprint density at radius 2 is 1.91 bits per heavy atom. The van der Waals surface area contributed by atoms with Gasteiger partial charge in [0.25, 0.3) is 0 Å². The summed E-state index contributed by atoms with van der Waals surface area (Å²) >= 11 is 0. The molecule has 0 radical (unpaired) electrons. The first-order chi connectivity index (χ1) is 16.0. The summed E-state index contributed by atoms with van der Waals surface area (Å²) in [5, 5.41) is 0. The van der Waals surface area contributed by atoms with E-state index in [1.807, 2.05) is 13.8 Å². The number of amides is 1. The smallest absolute Gasteiger partial charge is 0.379 e. The van der Waals surface area contributed by atoms with Gasteiger partial charge in [0.05, 0.1) is 11.7 Å². The number of carbonyl (C=O) groups excluding carboxylic acids is 1. The number of halogens is 3. The van der Waals surface area contributed by atoms with Gasteiger partial charge in [0, 0.05) is 31.7 Å². The predicted octanol–water partition coefficient (Wildman–Crippen LogP) is 5.03. The molecule has 3 rings (SSSR count). The molecule has 10 heteroatoms. The van der Waals surface area contributed by atoms with Crippen LogP contribution in [-0.4, -0.2) is 38.5 Å². The van der Waals surface area contributed by atoms with Crippen LogP contribution in [-0.2, 0) is 32.4 Å². The van der Waals surface area contributed by atoms with Crippen molar-refractivity contribution in [3.05, 3.63) is 59.7 Å². The van der Waals surface area contributed by atoms with Crippen LogP contribution < -0.4 is 4.18 Å². The Morgan fingerprint density at radius 1 is 1.18 bits per heavy atom. The van der Waals surface area contributed by atoms with Gasteiger partial charge < -0.3 is 13.8 Å². The largest absolute Gasteiger partial charge is 0.416 e. The summed E-state index contributed by atoms with van der Waals surface area (Å²) in [5.74, 6) is -0.0112. The second kappa shape index (κ2) is 10.8. The molecule has 0 bridgehead atoms. The van der Waals surface area contributed by atoms with E-state index in [0.717, 1.165) is 31.0 Å². The van der Waals surface area contributed by atoms with Crippen molar-refractivity contribution in [3.63, 3.8) is 0 Å². The van der Waals surface area contributed by atoms with Crippen LogP contribution in [0.1, 0.15) is 44.2 Å². The van der Waals surface area contributed by atoms with Crippen LogP contribution >= 0.6 is 0 Å². The van der Waals surface area contributed by atoms with Crippen LogP contribution in [0, 0.1) is 5.92 Å². The number of hydrogen-bond donors (Lipinski definition) is 0. The predicted molar refractivity (Wildman–Crippen MR) is 120 cm³/mol. The van der Waals surface area contributed by atoms with Crippen LogP contribution in [0.2, 0.25) is 0 Å². The number of carbonyl (C=O) groups is 1. The van der Waals surface area contributed by atoms with Gasteiger partial charge in [-0.3, -0.25) is 4.79 Å². The lowest BCUT2D eigenvalue weighted by Crippen LogP contribution is -2.37. The van der Waals surface area contributed by atoms with Crippen molar-refractivity contribution in [3.8, 4) is 5.75 Å². The first-order valence-electron chi connectivity index (χ1n) is 11.0. The molecule has 0 saturated carbocycles. The summed E-state index contributed by atoms with van der Waals surface area (Å²) in [6.45, 7) is 4.94. The molecule has 34 heavy (non-hydrogen) atoms. The van der Waals surface area contributed by atoms with E-state index in [1.54, 1.807) is 23.1 Å². The molecule has 2 aromatic rings. The van der Waals surface area contributed by atoms with E-state index in [9.17, 15) is 26.4 Å². The summed E-state index contributed by atoms with van der Waals surface area (Å²) in [6, 6.07) is 9.66. The zero-order chi connectivity index (χ0) is 24.9. The van der Waals surface area contributed by atoms with Crippen molar-refractivity contribution < 1.29 is 35.3 Å². The zero-order valence-electron chi connectivity index (χ0n) is 19.0. The van der Waals surface area contributed by atoms with Gasteiger partial charge in [-0.05, 0) is 43.0 Å². The Bertz CT molecular complexity index is 1100. The normalized spacial score (nSPS) is 16.6. The average Bonchev–Trinajstić information content (AvgIpc) is 3.26. The monoisotopic (exact) mass is 499 g/mol. The van der Waals surface area contributed by atoms with Crippen LogP contribution in [0.3, 0.4) is 0 Å². The molecule has 6 nitrogen and oxygen atoms in total. The highest BCUT2D eigenvalue weighted by molar-refractivity contribution is 7.87. The highest BCUT2D eigenvalue weighted by atomic mass is 32.2. The van der Waals surface area contributed by atoms with Crippen LogP contribution in [0.4, 0.5) is 13.2 Å². The summed E-state index contributed by atoms with van der Waals surface area (Å²) < 4.78 is 75.6. The minimum absolute atomic E-state index is 0.0467. The average molecular weight is 500 g/mol. The molecule has 0 aromatic heterocycles. The summed E-state index contributed by atoms with van der Waals surface area (Å²) in [5.41, 5.74) is -0.666. The molecule has 0 aliphatic carbocycles. The summed E-state index contributed by atoms with van der Waals surface area (Å²) in [7, 11) is -4.54. The molecule has 186 valence electrons. The molecule has 1 saturated heterocycles. The molecule has 1 amide bonds. The minimum Gasteiger partial charge on any atom is -0.379 e. The van der Waals surface area contributed by atoms with Crippen molar-refractivity contribution in [2.45, 2.75) is 56.8 Å². The molecule has 0 unspecified atom stereocenters. The maximum Gasteiger partial charge on any atom is 0.416 e. The molecule has 1 aliphatic heterocycles. The van der Waals surface area contributed by atoms with Gasteiger partial charge in [0.15, 0.2) is 0 Å². The third-order valence-corrected chi connectivity index (χ3v) is 6.60. The Hall–Kier alpha value is -2.59. The lowest BCUT2D eigenvalue weighted by atomic mass is 10.1. The summed E-state index contributed by atoms with van der Waals surface area (Å²) in [4.78, 5) is 13.9. The lowest BCUT2D eigenvalue weighted by Gasteiger charge is -2.27. The van der Waals surface area contributed by atoms with Gasteiger partial charge >= 0.3 is 16.3 Å². The second-order valence-electron chi connectivity index (χ2n) is 8.68. The van der Waals surface area contributed by atoms with Crippen LogP contribution in [0.15, 0.2) is 53.4 Å². The molecular formula is C24H28F3NO5S. The van der Waals surface area contributed by atoms with Crippen molar-refractivity contribution >= 4 is 16.0 Å². The maximum absolute atomic E-state index is 13.0. The number of rotatable bonds is 9. The number of alkyl halides is 3. The SMILES string of the molecule is CC(C)CC(=O)N(Cc1ccccc1OS(=O)(=O)c1cccc(C(F)(F)F)c1)C[C@@H]1CCCO1. The Kier molecular flexibility index (Phi) is 8.25. The quantitative estimate of drug-likeness (QED) is 0.453. The van der Waals surface area contributed by atoms with Gasteiger partial charge in [-0.2, -0.15) is 21.6 Å². The fraction of sp³-hybridized carbons (Fsp3) is 0.458. The lowest BCUT2D eigenvalue weighted by molar-refractivity contribution is -0.137. The first-order valence-corrected chi connectivity index (χ1v) is 12.5. The molecule has 0 spiro atoms. The fourth-order valence-corrected chi connectivity index (χ4v) is 4.69. The van der Waals surface area contributed by atoms with E-state index < -0.39 is 26.8 Å². The maximum atomic E-state index is 13.0. The molecule has 1 heterocycles. The van der Waals surface area contributed by atoms with Gasteiger partial charge in [0.2, 0.25) is 5.91 Å². The number of hydrogen-bond acceptors (Lipinski definition) is 5. The Labute approximate surface area is 197 Å². The van der Waals surface area contributed by atoms with E-state index in [-0.39, 0.29) is 30.2 Å². The van der Waals surface area contributed by atoms with Crippen molar-refractivity contribution in [2.75, 3.05) is 13.2 Å². The van der Waals surface area contributed by atoms with Crippen molar-refractivity contribution in [1.29, 1.82) is 0 Å². The van der Waals surface area contributed by atoms with Gasteiger partial charge in [0.1, 0.15) is 10.6 Å². The van der Waals surface area contributed by atoms with Crippen molar-refractivity contribution in [1.82, 2.24) is 4.90 Å². The second-order valence-corrected chi connectivity index (χ2v) is 10.2.